The molecular weight excluding hydrogens is 196 g/mol. The standard InChI is InChI=1S/C10H12N2O3/c1-7(13)12-9(10(14)15)5-8-3-2-4-11-6-8/h2-4,6,9H,5H2,1H3,(H,12,13)(H,14,15)/t9-/m1/s1. The van der Waals surface area contributed by atoms with Crippen molar-refractivity contribution in [1.82, 2.24) is 10.3 Å². The Kier molecular flexibility index (Phi) is 3.79. The molecule has 1 aromatic rings. The lowest BCUT2D eigenvalue weighted by Crippen LogP contribution is -2.41. The first-order valence-corrected chi connectivity index (χ1v) is 4.48. The van der Waals surface area contributed by atoms with Crippen LogP contribution in [0.5, 0.6) is 0 Å². The predicted octanol–water partition coefficient (Wildman–Crippen LogP) is 0.213. The monoisotopic (exact) mass is 208 g/mol. The highest BCUT2D eigenvalue weighted by atomic mass is 16.4. The van der Waals surface area contributed by atoms with Crippen LogP contribution in [0.3, 0.4) is 0 Å². The third kappa shape index (κ3) is 3.76. The molecule has 5 nitrogen and oxygen atoms in total. The van der Waals surface area contributed by atoms with Crippen LogP contribution in [0.25, 0.3) is 0 Å². The molecule has 0 fully saturated rings. The van der Waals surface area contributed by atoms with Crippen molar-refractivity contribution in [3.63, 3.8) is 0 Å². The molecule has 80 valence electrons. The highest BCUT2D eigenvalue weighted by Crippen LogP contribution is 2.01. The van der Waals surface area contributed by atoms with Crippen LogP contribution in [0.4, 0.5) is 0 Å². The first kappa shape index (κ1) is 11.2. The van der Waals surface area contributed by atoms with Crippen LogP contribution in [-0.2, 0) is 16.0 Å². The summed E-state index contributed by atoms with van der Waals surface area (Å²) in [5, 5.41) is 11.2. The van der Waals surface area contributed by atoms with Gasteiger partial charge in [0.2, 0.25) is 5.91 Å². The number of pyridine rings is 1. The second-order valence-electron chi connectivity index (χ2n) is 3.16. The Morgan fingerprint density at radius 2 is 2.33 bits per heavy atom. The van der Waals surface area contributed by atoms with Gasteiger partial charge in [-0.1, -0.05) is 6.07 Å². The maximum Gasteiger partial charge on any atom is 0.326 e. The van der Waals surface area contributed by atoms with Gasteiger partial charge in [-0.25, -0.2) is 4.79 Å². The van der Waals surface area contributed by atoms with Gasteiger partial charge >= 0.3 is 5.97 Å². The van der Waals surface area contributed by atoms with E-state index in [1.807, 2.05) is 0 Å². The van der Waals surface area contributed by atoms with Crippen molar-refractivity contribution in [1.29, 1.82) is 0 Å². The Hall–Kier alpha value is -1.91. The van der Waals surface area contributed by atoms with E-state index in [1.54, 1.807) is 24.5 Å². The first-order valence-electron chi connectivity index (χ1n) is 4.48. The number of carbonyl (C=O) groups is 2. The molecule has 1 amide bonds. The van der Waals surface area contributed by atoms with Crippen LogP contribution in [-0.4, -0.2) is 28.0 Å². The SMILES string of the molecule is CC(=O)N[C@H](Cc1cccnc1)C(=O)O. The molecule has 0 unspecified atom stereocenters. The van der Waals surface area contributed by atoms with Gasteiger partial charge in [-0.2, -0.15) is 0 Å². The quantitative estimate of drug-likeness (QED) is 0.741. The van der Waals surface area contributed by atoms with Crippen molar-refractivity contribution in [3.05, 3.63) is 30.1 Å². The molecular formula is C10H12N2O3. The molecule has 0 aliphatic heterocycles. The first-order chi connectivity index (χ1) is 7.09. The number of carboxylic acid groups (broad SMARTS) is 1. The Bertz CT molecular complexity index is 351. The summed E-state index contributed by atoms with van der Waals surface area (Å²) in [4.78, 5) is 25.4. The van der Waals surface area contributed by atoms with Gasteiger partial charge in [0.1, 0.15) is 6.04 Å². The van der Waals surface area contributed by atoms with Crippen molar-refractivity contribution < 1.29 is 14.7 Å². The second-order valence-corrected chi connectivity index (χ2v) is 3.16. The van der Waals surface area contributed by atoms with E-state index < -0.39 is 12.0 Å². The number of carboxylic acids is 1. The molecule has 2 N–H and O–H groups in total. The maximum atomic E-state index is 10.8. The number of nitrogens with one attached hydrogen (secondary N) is 1. The van der Waals surface area contributed by atoms with Gasteiger partial charge in [0.15, 0.2) is 0 Å². The fraction of sp³-hybridized carbons (Fsp3) is 0.300. The fourth-order valence-electron chi connectivity index (χ4n) is 1.20. The number of carbonyl (C=O) groups excluding carboxylic acids is 1. The van der Waals surface area contributed by atoms with E-state index >= 15 is 0 Å². The number of aliphatic carboxylic acids is 1. The van der Waals surface area contributed by atoms with Gasteiger partial charge in [0, 0.05) is 25.7 Å². The van der Waals surface area contributed by atoms with Crippen molar-refractivity contribution in [2.75, 3.05) is 0 Å². The number of amides is 1. The van der Waals surface area contributed by atoms with Gasteiger partial charge in [0.25, 0.3) is 0 Å². The number of hydrogen-bond donors (Lipinski definition) is 2. The topological polar surface area (TPSA) is 79.3 Å². The molecule has 5 heteroatoms. The highest BCUT2D eigenvalue weighted by molar-refractivity contribution is 5.82. The van der Waals surface area contributed by atoms with Crippen molar-refractivity contribution in [2.45, 2.75) is 19.4 Å². The van der Waals surface area contributed by atoms with E-state index in [0.29, 0.717) is 0 Å². The third-order valence-corrected chi connectivity index (χ3v) is 1.84. The lowest BCUT2D eigenvalue weighted by Gasteiger charge is -2.12. The van der Waals surface area contributed by atoms with Gasteiger partial charge in [-0.05, 0) is 11.6 Å². The second kappa shape index (κ2) is 5.09. The van der Waals surface area contributed by atoms with Gasteiger partial charge in [0.05, 0.1) is 0 Å². The lowest BCUT2D eigenvalue weighted by molar-refractivity contribution is -0.141. The summed E-state index contributed by atoms with van der Waals surface area (Å²) in [5.41, 5.74) is 0.777. The molecule has 0 aromatic carbocycles. The minimum atomic E-state index is -1.05. The molecule has 1 atom stereocenters. The van der Waals surface area contributed by atoms with E-state index in [9.17, 15) is 9.59 Å². The number of nitrogens with zero attached hydrogens (tertiary/aromatic N) is 1. The van der Waals surface area contributed by atoms with E-state index in [-0.39, 0.29) is 12.3 Å². The molecule has 0 radical (unpaired) electrons. The maximum absolute atomic E-state index is 10.8. The van der Waals surface area contributed by atoms with E-state index in [1.165, 1.54) is 6.92 Å². The van der Waals surface area contributed by atoms with Gasteiger partial charge in [-0.15, -0.1) is 0 Å². The fourth-order valence-corrected chi connectivity index (χ4v) is 1.20. The van der Waals surface area contributed by atoms with Crippen LogP contribution in [0.15, 0.2) is 24.5 Å². The molecule has 0 saturated heterocycles. The normalized spacial score (nSPS) is 11.8. The Morgan fingerprint density at radius 1 is 1.60 bits per heavy atom. The molecule has 0 aliphatic carbocycles. The van der Waals surface area contributed by atoms with Crippen molar-refractivity contribution in [3.8, 4) is 0 Å². The van der Waals surface area contributed by atoms with Crippen LogP contribution >= 0.6 is 0 Å². The van der Waals surface area contributed by atoms with Crippen LogP contribution in [0, 0.1) is 0 Å². The van der Waals surface area contributed by atoms with E-state index in [0.717, 1.165) is 5.56 Å². The summed E-state index contributed by atoms with van der Waals surface area (Å²) in [6, 6.07) is 2.60. The van der Waals surface area contributed by atoms with E-state index in [4.69, 9.17) is 5.11 Å². The number of rotatable bonds is 4. The largest absolute Gasteiger partial charge is 0.480 e. The number of aromatic nitrogens is 1. The zero-order valence-electron chi connectivity index (χ0n) is 8.30. The molecule has 1 heterocycles. The minimum Gasteiger partial charge on any atom is -0.480 e. The summed E-state index contributed by atoms with van der Waals surface area (Å²) in [5.74, 6) is -1.40. The molecule has 15 heavy (non-hydrogen) atoms. The Morgan fingerprint density at radius 3 is 2.80 bits per heavy atom. The summed E-state index contributed by atoms with van der Waals surface area (Å²) in [7, 11) is 0. The van der Waals surface area contributed by atoms with Crippen LogP contribution < -0.4 is 5.32 Å². The molecule has 0 bridgehead atoms. The van der Waals surface area contributed by atoms with Crippen LogP contribution in [0.1, 0.15) is 12.5 Å². The van der Waals surface area contributed by atoms with Crippen LogP contribution in [0.2, 0.25) is 0 Å². The Balaban J connectivity index is 2.67. The van der Waals surface area contributed by atoms with Crippen molar-refractivity contribution >= 4 is 11.9 Å². The summed E-state index contributed by atoms with van der Waals surface area (Å²) >= 11 is 0. The highest BCUT2D eigenvalue weighted by Gasteiger charge is 2.18. The zero-order chi connectivity index (χ0) is 11.3. The molecule has 0 saturated carbocycles. The van der Waals surface area contributed by atoms with E-state index in [2.05, 4.69) is 10.3 Å². The van der Waals surface area contributed by atoms with Gasteiger partial charge in [-0.3, -0.25) is 9.78 Å². The summed E-state index contributed by atoms with van der Waals surface area (Å²) in [6.45, 7) is 1.29. The molecule has 1 aromatic heterocycles. The zero-order valence-corrected chi connectivity index (χ0v) is 8.30. The third-order valence-electron chi connectivity index (χ3n) is 1.84. The average Bonchev–Trinajstić information content (AvgIpc) is 2.17. The predicted molar refractivity (Wildman–Crippen MR) is 53.2 cm³/mol. The number of hydrogen-bond acceptors (Lipinski definition) is 3. The minimum absolute atomic E-state index is 0.239. The summed E-state index contributed by atoms with van der Waals surface area (Å²) in [6.07, 6.45) is 3.43. The molecule has 1 rings (SSSR count). The average molecular weight is 208 g/mol. The smallest absolute Gasteiger partial charge is 0.326 e. The molecule has 0 spiro atoms. The summed E-state index contributed by atoms with van der Waals surface area (Å²) < 4.78 is 0. The molecule has 0 aliphatic rings. The lowest BCUT2D eigenvalue weighted by atomic mass is 10.1. The van der Waals surface area contributed by atoms with Gasteiger partial charge < -0.3 is 10.4 Å². The Labute approximate surface area is 87.1 Å². The van der Waals surface area contributed by atoms with Crippen molar-refractivity contribution in [2.24, 2.45) is 0 Å².